The van der Waals surface area contributed by atoms with E-state index in [-0.39, 0.29) is 23.9 Å². The first-order chi connectivity index (χ1) is 17.9. The summed E-state index contributed by atoms with van der Waals surface area (Å²) >= 11 is 0. The number of rotatable bonds is 8. The average molecular weight is 540 g/mol. The number of hydrogen-bond acceptors (Lipinski definition) is 10. The Hall–Kier alpha value is -3.85. The molecule has 2 aromatic heterocycles. The SMILES string of the molecule is C=C(C(F)=N/C=C(\C)Nc1nccc2nc(OCC#CC)cnc12)[C@]1(C)CS(=O)(=O)[C@@](C)(C2CC2)C(N)=N1. The topological polar surface area (TPSA) is 145 Å². The quantitative estimate of drug-likeness (QED) is 0.384. The Balaban J connectivity index is 1.52. The van der Waals surface area contributed by atoms with Gasteiger partial charge in [0.25, 0.3) is 0 Å². The minimum atomic E-state index is -3.70. The number of amidine groups is 1. The van der Waals surface area contributed by atoms with Gasteiger partial charge in [0.1, 0.15) is 21.6 Å². The van der Waals surface area contributed by atoms with Crippen molar-refractivity contribution in [1.29, 1.82) is 0 Å². The Morgan fingerprint density at radius 2 is 2.13 bits per heavy atom. The summed E-state index contributed by atoms with van der Waals surface area (Å²) in [5.74, 6) is 4.83. The zero-order valence-electron chi connectivity index (χ0n) is 21.7. The number of ether oxygens (including phenoxy) is 1. The van der Waals surface area contributed by atoms with Crippen LogP contribution in [0.2, 0.25) is 0 Å². The molecule has 4 rings (SSSR count). The molecule has 2 atom stereocenters. The number of nitrogens with one attached hydrogen (secondary N) is 1. The Labute approximate surface area is 221 Å². The highest BCUT2D eigenvalue weighted by atomic mass is 32.2. The molecule has 3 heterocycles. The van der Waals surface area contributed by atoms with Crippen LogP contribution in [-0.4, -0.2) is 57.8 Å². The number of halogens is 1. The van der Waals surface area contributed by atoms with Crippen LogP contribution < -0.4 is 15.8 Å². The lowest BCUT2D eigenvalue weighted by atomic mass is 9.94. The van der Waals surface area contributed by atoms with E-state index in [0.717, 1.165) is 12.8 Å². The summed E-state index contributed by atoms with van der Waals surface area (Å²) in [5.41, 5.74) is 5.98. The van der Waals surface area contributed by atoms with Crippen LogP contribution in [-0.2, 0) is 9.84 Å². The smallest absolute Gasteiger partial charge is 0.233 e. The maximum Gasteiger partial charge on any atom is 0.233 e. The Morgan fingerprint density at radius 3 is 2.79 bits per heavy atom. The van der Waals surface area contributed by atoms with E-state index in [1.165, 1.54) is 19.3 Å². The maximum absolute atomic E-state index is 15.1. The second kappa shape index (κ2) is 10.1. The van der Waals surface area contributed by atoms with Crippen molar-refractivity contribution in [2.45, 2.75) is 50.8 Å². The van der Waals surface area contributed by atoms with Crippen molar-refractivity contribution in [3.05, 3.63) is 42.5 Å². The van der Waals surface area contributed by atoms with Crippen molar-refractivity contribution in [2.75, 3.05) is 17.7 Å². The summed E-state index contributed by atoms with van der Waals surface area (Å²) in [6.45, 7) is 10.4. The van der Waals surface area contributed by atoms with Gasteiger partial charge in [0, 0.05) is 23.7 Å². The van der Waals surface area contributed by atoms with Gasteiger partial charge in [-0.15, -0.1) is 5.92 Å². The first-order valence-corrected chi connectivity index (χ1v) is 13.7. The number of aliphatic imine (C=N–C) groups is 2. The molecule has 0 aromatic carbocycles. The molecule has 1 saturated carbocycles. The third-order valence-electron chi connectivity index (χ3n) is 6.84. The predicted molar refractivity (Wildman–Crippen MR) is 146 cm³/mol. The highest BCUT2D eigenvalue weighted by molar-refractivity contribution is 7.93. The molecule has 2 aliphatic rings. The Kier molecular flexibility index (Phi) is 7.25. The van der Waals surface area contributed by atoms with Crippen LogP contribution in [0.1, 0.15) is 40.5 Å². The number of allylic oxidation sites excluding steroid dienone is 1. The van der Waals surface area contributed by atoms with E-state index in [4.69, 9.17) is 10.5 Å². The van der Waals surface area contributed by atoms with E-state index >= 15 is 4.39 Å². The number of anilines is 1. The molecule has 1 aliphatic carbocycles. The summed E-state index contributed by atoms with van der Waals surface area (Å²) < 4.78 is 45.7. The number of nitrogens with zero attached hydrogens (tertiary/aromatic N) is 5. The molecule has 0 amide bonds. The van der Waals surface area contributed by atoms with Crippen molar-refractivity contribution >= 4 is 38.5 Å². The molecule has 0 bridgehead atoms. The normalized spacial score (nSPS) is 25.2. The Bertz CT molecular complexity index is 1550. The lowest BCUT2D eigenvalue weighted by Gasteiger charge is -2.40. The van der Waals surface area contributed by atoms with Crippen LogP contribution >= 0.6 is 0 Å². The molecular formula is C26H30FN7O3S. The third kappa shape index (κ3) is 5.11. The minimum Gasteiger partial charge on any atom is -0.463 e. The summed E-state index contributed by atoms with van der Waals surface area (Å²) in [6.07, 6.45) is 5.81. The number of fused-ring (bicyclic) bond motifs is 1. The first-order valence-electron chi connectivity index (χ1n) is 12.0. The first kappa shape index (κ1) is 27.2. The van der Waals surface area contributed by atoms with Gasteiger partial charge in [-0.3, -0.25) is 4.99 Å². The molecule has 0 spiro atoms. The van der Waals surface area contributed by atoms with E-state index in [0.29, 0.717) is 28.4 Å². The molecular weight excluding hydrogens is 509 g/mol. The molecule has 2 aromatic rings. The van der Waals surface area contributed by atoms with E-state index < -0.39 is 31.8 Å². The number of nitrogens with two attached hydrogens (primary N) is 1. The Morgan fingerprint density at radius 1 is 1.39 bits per heavy atom. The minimum absolute atomic E-state index is 0.00826. The second-order valence-electron chi connectivity index (χ2n) is 9.70. The van der Waals surface area contributed by atoms with Gasteiger partial charge in [-0.2, -0.15) is 4.39 Å². The average Bonchev–Trinajstić information content (AvgIpc) is 3.71. The molecule has 3 N–H and O–H groups in total. The van der Waals surface area contributed by atoms with Gasteiger partial charge in [0.05, 0.1) is 17.5 Å². The van der Waals surface area contributed by atoms with Crippen molar-refractivity contribution in [3.63, 3.8) is 0 Å². The van der Waals surface area contributed by atoms with Crippen molar-refractivity contribution in [2.24, 2.45) is 21.6 Å². The molecule has 1 fully saturated rings. The molecule has 12 heteroatoms. The van der Waals surface area contributed by atoms with Gasteiger partial charge in [0.2, 0.25) is 11.8 Å². The lowest BCUT2D eigenvalue weighted by molar-refractivity contribution is 0.355. The molecule has 1 aliphatic heterocycles. The summed E-state index contributed by atoms with van der Waals surface area (Å²) in [4.78, 5) is 21.3. The molecule has 0 radical (unpaired) electrons. The fraction of sp³-hybridized carbons (Fsp3) is 0.423. The third-order valence-corrected chi connectivity index (χ3v) is 9.62. The highest BCUT2D eigenvalue weighted by Gasteiger charge is 2.59. The standard InChI is InChI=1S/C26H30FN7O3S/c1-6-7-12-37-20-14-30-21-19(33-20)10-11-29-23(21)32-16(2)13-31-22(27)17(3)25(4)15-38(35,36)26(5,18-8-9-18)24(28)34-25/h10-11,13-14,18H,3,8-9,12,15H2,1-2,4-5H3,(H2,28,34)(H,29,32)/b16-13+,31-22?/t25-,26-/m0/s1. The summed E-state index contributed by atoms with van der Waals surface area (Å²) in [5, 5.41) is 3.03. The second-order valence-corrected chi connectivity index (χ2v) is 12.1. The predicted octanol–water partition coefficient (Wildman–Crippen LogP) is 3.34. The molecule has 38 heavy (non-hydrogen) atoms. The van der Waals surface area contributed by atoms with Crippen molar-refractivity contribution in [3.8, 4) is 17.7 Å². The molecule has 0 saturated heterocycles. The van der Waals surface area contributed by atoms with Crippen LogP contribution in [0.4, 0.5) is 10.2 Å². The van der Waals surface area contributed by atoms with Gasteiger partial charge in [0.15, 0.2) is 22.3 Å². The fourth-order valence-corrected chi connectivity index (χ4v) is 6.67. The zero-order valence-corrected chi connectivity index (χ0v) is 22.6. The fourth-order valence-electron chi connectivity index (χ4n) is 4.28. The molecule has 0 unspecified atom stereocenters. The number of hydrogen-bond donors (Lipinski definition) is 2. The van der Waals surface area contributed by atoms with Gasteiger partial charge >= 0.3 is 0 Å². The summed E-state index contributed by atoms with van der Waals surface area (Å²) in [7, 11) is -3.70. The number of pyridine rings is 1. The largest absolute Gasteiger partial charge is 0.463 e. The zero-order chi connectivity index (χ0) is 27.7. The van der Waals surface area contributed by atoms with Crippen molar-refractivity contribution in [1.82, 2.24) is 15.0 Å². The van der Waals surface area contributed by atoms with E-state index in [2.05, 4.69) is 48.7 Å². The van der Waals surface area contributed by atoms with E-state index in [1.54, 1.807) is 33.0 Å². The maximum atomic E-state index is 15.1. The van der Waals surface area contributed by atoms with Gasteiger partial charge in [-0.1, -0.05) is 12.5 Å². The van der Waals surface area contributed by atoms with Gasteiger partial charge in [-0.25, -0.2) is 28.4 Å². The highest BCUT2D eigenvalue weighted by Crippen LogP contribution is 2.48. The monoisotopic (exact) mass is 539 g/mol. The van der Waals surface area contributed by atoms with Gasteiger partial charge in [-0.05, 0) is 52.5 Å². The van der Waals surface area contributed by atoms with Crippen LogP contribution in [0.5, 0.6) is 5.88 Å². The van der Waals surface area contributed by atoms with Crippen LogP contribution in [0.3, 0.4) is 0 Å². The number of aromatic nitrogens is 3. The molecule has 200 valence electrons. The van der Waals surface area contributed by atoms with Crippen molar-refractivity contribution < 1.29 is 17.5 Å². The number of sulfone groups is 1. The molecule has 10 nitrogen and oxygen atoms in total. The lowest BCUT2D eigenvalue weighted by Crippen LogP contribution is -2.59. The summed E-state index contributed by atoms with van der Waals surface area (Å²) in [6, 6.07) is 1.69. The van der Waals surface area contributed by atoms with Crippen LogP contribution in [0.25, 0.3) is 11.0 Å². The van der Waals surface area contributed by atoms with E-state index in [1.807, 2.05) is 0 Å². The van der Waals surface area contributed by atoms with E-state index in [9.17, 15) is 8.42 Å². The van der Waals surface area contributed by atoms with Gasteiger partial charge < -0.3 is 15.8 Å². The van der Waals surface area contributed by atoms with Crippen LogP contribution in [0.15, 0.2) is 52.5 Å². The van der Waals surface area contributed by atoms with Crippen LogP contribution in [0, 0.1) is 17.8 Å².